The number of aromatic amines is 1. The molecule has 19 heavy (non-hydrogen) atoms. The van der Waals surface area contributed by atoms with Gasteiger partial charge < -0.3 is 5.32 Å². The Hall–Kier alpha value is -1.13. The molecule has 0 bridgehead atoms. The van der Waals surface area contributed by atoms with Crippen molar-refractivity contribution in [3.63, 3.8) is 0 Å². The minimum absolute atomic E-state index is 0.440. The molecule has 1 atom stereocenters. The van der Waals surface area contributed by atoms with Gasteiger partial charge in [0.25, 0.3) is 0 Å². The van der Waals surface area contributed by atoms with Gasteiger partial charge in [-0.3, -0.25) is 5.10 Å². The largest absolute Gasteiger partial charge is 0.310 e. The van der Waals surface area contributed by atoms with Gasteiger partial charge >= 0.3 is 0 Å². The Kier molecular flexibility index (Phi) is 4.77. The second kappa shape index (κ2) is 6.35. The van der Waals surface area contributed by atoms with Gasteiger partial charge in [-0.15, -0.1) is 11.3 Å². The highest BCUT2D eigenvalue weighted by Crippen LogP contribution is 2.26. The number of rotatable bonds is 6. The van der Waals surface area contributed by atoms with Crippen LogP contribution in [0.3, 0.4) is 0 Å². The van der Waals surface area contributed by atoms with Crippen molar-refractivity contribution in [2.45, 2.75) is 46.6 Å². The normalized spacial score (nSPS) is 12.8. The van der Waals surface area contributed by atoms with E-state index in [-0.39, 0.29) is 0 Å². The third kappa shape index (κ3) is 3.67. The van der Waals surface area contributed by atoms with E-state index < -0.39 is 0 Å². The molecule has 0 aliphatic carbocycles. The molecule has 0 aromatic carbocycles. The quantitative estimate of drug-likeness (QED) is 0.791. The van der Waals surface area contributed by atoms with Gasteiger partial charge in [0.05, 0.1) is 6.20 Å². The molecule has 3 nitrogen and oxygen atoms in total. The van der Waals surface area contributed by atoms with Crippen molar-refractivity contribution in [1.29, 1.82) is 0 Å². The zero-order valence-corrected chi connectivity index (χ0v) is 13.0. The van der Waals surface area contributed by atoms with Gasteiger partial charge in [0.15, 0.2) is 0 Å². The minimum Gasteiger partial charge on any atom is -0.310 e. The van der Waals surface area contributed by atoms with Crippen molar-refractivity contribution in [1.82, 2.24) is 15.5 Å². The number of nitrogens with zero attached hydrogens (tertiary/aromatic N) is 1. The van der Waals surface area contributed by atoms with Crippen LogP contribution in [0.5, 0.6) is 0 Å². The van der Waals surface area contributed by atoms with E-state index in [4.69, 9.17) is 0 Å². The fourth-order valence-corrected chi connectivity index (χ4v) is 3.44. The molecule has 0 amide bonds. The van der Waals surface area contributed by atoms with Gasteiger partial charge in [-0.25, -0.2) is 0 Å². The molecule has 2 heterocycles. The molecule has 0 spiro atoms. The van der Waals surface area contributed by atoms with Crippen molar-refractivity contribution in [3.8, 4) is 0 Å². The van der Waals surface area contributed by atoms with Crippen LogP contribution in [0, 0.1) is 20.8 Å². The third-order valence-corrected chi connectivity index (χ3v) is 4.54. The minimum atomic E-state index is 0.440. The van der Waals surface area contributed by atoms with Crippen LogP contribution < -0.4 is 5.32 Å². The maximum atomic E-state index is 4.05. The molecule has 2 aromatic rings. The van der Waals surface area contributed by atoms with Crippen molar-refractivity contribution in [3.05, 3.63) is 38.8 Å². The summed E-state index contributed by atoms with van der Waals surface area (Å²) in [5.74, 6) is 0. The summed E-state index contributed by atoms with van der Waals surface area (Å²) in [5.41, 5.74) is 3.97. The molecule has 2 N–H and O–H groups in total. The molecule has 1 unspecified atom stereocenters. The van der Waals surface area contributed by atoms with Crippen molar-refractivity contribution >= 4 is 11.3 Å². The molecule has 0 fully saturated rings. The zero-order valence-electron chi connectivity index (χ0n) is 12.2. The average molecular weight is 277 g/mol. The second-order valence-electron chi connectivity index (χ2n) is 5.17. The molecule has 4 heteroatoms. The Balaban J connectivity index is 1.77. The summed E-state index contributed by atoms with van der Waals surface area (Å²) in [6.45, 7) is 9.75. The van der Waals surface area contributed by atoms with Crippen LogP contribution in [-0.2, 0) is 6.42 Å². The summed E-state index contributed by atoms with van der Waals surface area (Å²) < 4.78 is 0. The number of hydrogen-bond acceptors (Lipinski definition) is 3. The molecule has 0 saturated heterocycles. The Bertz CT molecular complexity index is 527. The lowest BCUT2D eigenvalue weighted by Gasteiger charge is -2.13. The first-order valence-electron chi connectivity index (χ1n) is 6.87. The maximum Gasteiger partial charge on any atom is 0.0522 e. The first-order valence-corrected chi connectivity index (χ1v) is 7.68. The summed E-state index contributed by atoms with van der Waals surface area (Å²) in [7, 11) is 0. The molecule has 2 rings (SSSR count). The molecule has 2 aromatic heterocycles. The Labute approximate surface area is 119 Å². The number of hydrogen-bond donors (Lipinski definition) is 2. The summed E-state index contributed by atoms with van der Waals surface area (Å²) in [4.78, 5) is 2.83. The Morgan fingerprint density at radius 3 is 2.74 bits per heavy atom. The zero-order chi connectivity index (χ0) is 13.8. The van der Waals surface area contributed by atoms with Crippen LogP contribution in [0.25, 0.3) is 0 Å². The number of thiophene rings is 1. The molecule has 104 valence electrons. The lowest BCUT2D eigenvalue weighted by atomic mass is 10.1. The predicted octanol–water partition coefficient (Wildman–Crippen LogP) is 3.68. The second-order valence-corrected chi connectivity index (χ2v) is 6.63. The highest BCUT2D eigenvalue weighted by Gasteiger charge is 2.10. The van der Waals surface area contributed by atoms with Crippen LogP contribution in [0.2, 0.25) is 0 Å². The lowest BCUT2D eigenvalue weighted by Crippen LogP contribution is -2.20. The van der Waals surface area contributed by atoms with Gasteiger partial charge in [-0.1, -0.05) is 0 Å². The Morgan fingerprint density at radius 2 is 2.16 bits per heavy atom. The van der Waals surface area contributed by atoms with Crippen LogP contribution in [0.4, 0.5) is 0 Å². The van der Waals surface area contributed by atoms with E-state index in [9.17, 15) is 0 Å². The molecular formula is C15H23N3S. The van der Waals surface area contributed by atoms with E-state index in [1.165, 1.54) is 26.6 Å². The fourth-order valence-electron chi connectivity index (χ4n) is 2.42. The van der Waals surface area contributed by atoms with Crippen LogP contribution >= 0.6 is 11.3 Å². The predicted molar refractivity (Wildman–Crippen MR) is 81.9 cm³/mol. The van der Waals surface area contributed by atoms with Gasteiger partial charge in [-0.2, -0.15) is 5.10 Å². The molecule has 0 aliphatic heterocycles. The monoisotopic (exact) mass is 277 g/mol. The number of nitrogens with one attached hydrogen (secondary N) is 2. The summed E-state index contributed by atoms with van der Waals surface area (Å²) >= 11 is 1.88. The average Bonchev–Trinajstić information content (AvgIpc) is 2.91. The highest BCUT2D eigenvalue weighted by atomic mass is 32.1. The van der Waals surface area contributed by atoms with E-state index in [1.807, 2.05) is 17.5 Å². The smallest absolute Gasteiger partial charge is 0.0522 e. The number of aryl methyl sites for hydroxylation is 4. The van der Waals surface area contributed by atoms with Crippen LogP contribution in [0.15, 0.2) is 12.3 Å². The maximum absolute atomic E-state index is 4.05. The van der Waals surface area contributed by atoms with E-state index in [0.29, 0.717) is 6.04 Å². The van der Waals surface area contributed by atoms with Crippen LogP contribution in [-0.4, -0.2) is 16.7 Å². The number of aromatic nitrogens is 2. The molecular weight excluding hydrogens is 254 g/mol. The summed E-state index contributed by atoms with van der Waals surface area (Å²) in [5, 5.41) is 10.6. The summed E-state index contributed by atoms with van der Waals surface area (Å²) in [6, 6.07) is 2.74. The third-order valence-electron chi connectivity index (χ3n) is 3.55. The van der Waals surface area contributed by atoms with E-state index in [2.05, 4.69) is 49.3 Å². The van der Waals surface area contributed by atoms with Gasteiger partial charge in [0.1, 0.15) is 0 Å². The van der Waals surface area contributed by atoms with E-state index in [1.54, 1.807) is 0 Å². The van der Waals surface area contributed by atoms with Crippen molar-refractivity contribution in [2.75, 3.05) is 6.54 Å². The molecule has 0 aliphatic rings. The topological polar surface area (TPSA) is 40.7 Å². The van der Waals surface area contributed by atoms with Gasteiger partial charge in [0, 0.05) is 21.5 Å². The SMILES string of the molecule is Cc1cc(C(C)NCCCc2cn[nH]c2C)c(C)s1. The Morgan fingerprint density at radius 1 is 1.37 bits per heavy atom. The number of H-pyrrole nitrogens is 1. The van der Waals surface area contributed by atoms with Crippen LogP contribution in [0.1, 0.15) is 46.0 Å². The van der Waals surface area contributed by atoms with Gasteiger partial charge in [-0.05, 0) is 64.3 Å². The molecule has 0 saturated carbocycles. The first-order chi connectivity index (χ1) is 9.08. The van der Waals surface area contributed by atoms with Crippen molar-refractivity contribution < 1.29 is 0 Å². The summed E-state index contributed by atoms with van der Waals surface area (Å²) in [6.07, 6.45) is 4.17. The van der Waals surface area contributed by atoms with Crippen molar-refractivity contribution in [2.24, 2.45) is 0 Å². The lowest BCUT2D eigenvalue weighted by molar-refractivity contribution is 0.557. The highest BCUT2D eigenvalue weighted by molar-refractivity contribution is 7.12. The standard InChI is InChI=1S/C15H23N3S/c1-10-8-15(13(4)19-10)12(3)16-7-5-6-14-9-17-18-11(14)2/h8-9,12,16H,5-7H2,1-4H3,(H,17,18). The van der Waals surface area contributed by atoms with E-state index in [0.717, 1.165) is 19.4 Å². The van der Waals surface area contributed by atoms with Gasteiger partial charge in [0.2, 0.25) is 0 Å². The van der Waals surface area contributed by atoms with E-state index >= 15 is 0 Å². The first kappa shape index (κ1) is 14.3. The fraction of sp³-hybridized carbons (Fsp3) is 0.533. The molecule has 0 radical (unpaired) electrons.